The van der Waals surface area contributed by atoms with Gasteiger partial charge in [-0.2, -0.15) is 4.31 Å². The maximum Gasteiger partial charge on any atom is 0.291 e. The maximum atomic E-state index is 12.9. The molecule has 1 saturated heterocycles. The first-order valence-corrected chi connectivity index (χ1v) is 13.0. The van der Waals surface area contributed by atoms with Gasteiger partial charge in [0.25, 0.3) is 6.43 Å². The van der Waals surface area contributed by atoms with Gasteiger partial charge in [-0.3, -0.25) is 4.79 Å². The predicted octanol–water partition coefficient (Wildman–Crippen LogP) is 3.59. The summed E-state index contributed by atoms with van der Waals surface area (Å²) >= 11 is 0.634. The molecule has 1 amide bonds. The zero-order chi connectivity index (χ0) is 23.6. The zero-order valence-electron chi connectivity index (χ0n) is 18.0. The maximum absolute atomic E-state index is 12.9. The number of amides is 1. The van der Waals surface area contributed by atoms with E-state index in [0.29, 0.717) is 48.7 Å². The standard InChI is InChI=1S/C20H24F2N6O3S2/c1-2-9-28-15-6-5-13(33(30,31)27-10-3-4-11-27)12-14(15)23-16(28)7-8-17(29)24-20-26-25-19(32-20)18(21)22/h5-6,12,18H,2-4,7-11H2,1H3,(H,24,26,29). The molecule has 4 rings (SSSR count). The average Bonchev–Trinajstić information content (AvgIpc) is 3.53. The quantitative estimate of drug-likeness (QED) is 0.483. The van der Waals surface area contributed by atoms with Gasteiger partial charge in [0.1, 0.15) is 5.82 Å². The number of anilines is 1. The number of benzene rings is 1. The van der Waals surface area contributed by atoms with Crippen LogP contribution in [0.2, 0.25) is 0 Å². The molecule has 0 aliphatic carbocycles. The van der Waals surface area contributed by atoms with Gasteiger partial charge in [-0.25, -0.2) is 22.2 Å². The van der Waals surface area contributed by atoms with Crippen LogP contribution in [0.3, 0.4) is 0 Å². The first-order valence-electron chi connectivity index (χ1n) is 10.7. The Labute approximate surface area is 193 Å². The minimum absolute atomic E-state index is 0.0223. The molecule has 0 atom stereocenters. The molecule has 3 heterocycles. The summed E-state index contributed by atoms with van der Waals surface area (Å²) in [5, 5.41) is 8.96. The summed E-state index contributed by atoms with van der Waals surface area (Å²) in [6.07, 6.45) is 0.185. The van der Waals surface area contributed by atoms with Gasteiger partial charge >= 0.3 is 0 Å². The van der Waals surface area contributed by atoms with Crippen molar-refractivity contribution in [2.75, 3.05) is 18.4 Å². The molecule has 0 saturated carbocycles. The van der Waals surface area contributed by atoms with E-state index in [4.69, 9.17) is 0 Å². The third-order valence-corrected chi connectivity index (χ3v) is 8.14. The van der Waals surface area contributed by atoms with Crippen molar-refractivity contribution in [3.8, 4) is 0 Å². The van der Waals surface area contributed by atoms with E-state index >= 15 is 0 Å². The van der Waals surface area contributed by atoms with Crippen molar-refractivity contribution in [2.24, 2.45) is 0 Å². The van der Waals surface area contributed by atoms with Crippen LogP contribution in [0.25, 0.3) is 11.0 Å². The van der Waals surface area contributed by atoms with Crippen LogP contribution in [-0.2, 0) is 27.8 Å². The lowest BCUT2D eigenvalue weighted by Crippen LogP contribution is -2.27. The first-order chi connectivity index (χ1) is 15.8. The SMILES string of the molecule is CCCn1c(CCC(=O)Nc2nnc(C(F)F)s2)nc2cc(S(=O)(=O)N3CCCC3)ccc21. The van der Waals surface area contributed by atoms with Crippen molar-refractivity contribution in [2.45, 2.75) is 56.9 Å². The van der Waals surface area contributed by atoms with E-state index in [1.807, 2.05) is 11.5 Å². The van der Waals surface area contributed by atoms with Gasteiger partial charge in [0.15, 0.2) is 5.01 Å². The number of carbonyl (C=O) groups excluding carboxylic acids is 1. The number of hydrogen-bond donors (Lipinski definition) is 1. The molecule has 1 aromatic carbocycles. The molecule has 1 aliphatic heterocycles. The van der Waals surface area contributed by atoms with E-state index in [1.165, 1.54) is 4.31 Å². The Morgan fingerprint density at radius 3 is 2.67 bits per heavy atom. The van der Waals surface area contributed by atoms with Crippen LogP contribution in [0, 0.1) is 0 Å². The van der Waals surface area contributed by atoms with Crippen molar-refractivity contribution in [1.82, 2.24) is 24.1 Å². The molecular weight excluding hydrogens is 474 g/mol. The Hall–Kier alpha value is -2.51. The minimum Gasteiger partial charge on any atom is -0.328 e. The fraction of sp³-hybridized carbons (Fsp3) is 0.500. The summed E-state index contributed by atoms with van der Waals surface area (Å²) in [6.45, 7) is 3.74. The molecule has 178 valence electrons. The fourth-order valence-electron chi connectivity index (χ4n) is 3.84. The van der Waals surface area contributed by atoms with Crippen LogP contribution in [0.5, 0.6) is 0 Å². The van der Waals surface area contributed by atoms with Crippen LogP contribution >= 0.6 is 11.3 Å². The monoisotopic (exact) mass is 498 g/mol. The Kier molecular flexibility index (Phi) is 7.00. The highest BCUT2D eigenvalue weighted by atomic mass is 32.2. The van der Waals surface area contributed by atoms with Crippen LogP contribution < -0.4 is 5.32 Å². The largest absolute Gasteiger partial charge is 0.328 e. The molecular formula is C20H24F2N6O3S2. The number of aromatic nitrogens is 4. The van der Waals surface area contributed by atoms with E-state index in [0.717, 1.165) is 24.8 Å². The van der Waals surface area contributed by atoms with Gasteiger partial charge in [0.05, 0.1) is 15.9 Å². The lowest BCUT2D eigenvalue weighted by molar-refractivity contribution is -0.116. The summed E-state index contributed by atoms with van der Waals surface area (Å²) in [5.74, 6) is 0.266. The average molecular weight is 499 g/mol. The Balaban J connectivity index is 1.52. The van der Waals surface area contributed by atoms with Crippen molar-refractivity contribution in [1.29, 1.82) is 0 Å². The minimum atomic E-state index is -3.56. The number of imidazole rings is 1. The molecule has 0 unspecified atom stereocenters. The van der Waals surface area contributed by atoms with Crippen LogP contribution in [0.1, 0.15) is 49.9 Å². The number of rotatable bonds is 9. The highest BCUT2D eigenvalue weighted by Crippen LogP contribution is 2.27. The normalized spacial score (nSPS) is 15.0. The second kappa shape index (κ2) is 9.77. The van der Waals surface area contributed by atoms with Gasteiger partial charge in [-0.05, 0) is 37.5 Å². The van der Waals surface area contributed by atoms with Gasteiger partial charge in [0.2, 0.25) is 21.1 Å². The summed E-state index contributed by atoms with van der Waals surface area (Å²) in [4.78, 5) is 17.1. The van der Waals surface area contributed by atoms with Crippen molar-refractivity contribution in [3.63, 3.8) is 0 Å². The number of sulfonamides is 1. The summed E-state index contributed by atoms with van der Waals surface area (Å²) in [6, 6.07) is 4.96. The fourth-order valence-corrected chi connectivity index (χ4v) is 5.99. The Morgan fingerprint density at radius 1 is 1.24 bits per heavy atom. The van der Waals surface area contributed by atoms with Crippen LogP contribution in [0.15, 0.2) is 23.1 Å². The van der Waals surface area contributed by atoms with Gasteiger partial charge in [-0.1, -0.05) is 18.3 Å². The third kappa shape index (κ3) is 5.04. The second-order valence-electron chi connectivity index (χ2n) is 7.74. The molecule has 9 nitrogen and oxygen atoms in total. The molecule has 0 bridgehead atoms. The van der Waals surface area contributed by atoms with E-state index in [-0.39, 0.29) is 22.4 Å². The van der Waals surface area contributed by atoms with Crippen molar-refractivity contribution >= 4 is 43.4 Å². The number of aryl methyl sites for hydroxylation is 2. The molecule has 1 aliphatic rings. The summed E-state index contributed by atoms with van der Waals surface area (Å²) in [7, 11) is -3.56. The summed E-state index contributed by atoms with van der Waals surface area (Å²) in [5.41, 5.74) is 1.36. The summed E-state index contributed by atoms with van der Waals surface area (Å²) < 4.78 is 54.6. The van der Waals surface area contributed by atoms with E-state index in [1.54, 1.807) is 18.2 Å². The number of alkyl halides is 2. The number of nitrogens with one attached hydrogen (secondary N) is 1. The Bertz CT molecular complexity index is 1250. The van der Waals surface area contributed by atoms with E-state index in [9.17, 15) is 22.0 Å². The molecule has 1 N–H and O–H groups in total. The number of nitrogens with zero attached hydrogens (tertiary/aromatic N) is 5. The zero-order valence-corrected chi connectivity index (χ0v) is 19.6. The van der Waals surface area contributed by atoms with Gasteiger partial charge in [0, 0.05) is 32.5 Å². The molecule has 3 aromatic rings. The molecule has 0 spiro atoms. The van der Waals surface area contributed by atoms with Crippen molar-refractivity contribution < 1.29 is 22.0 Å². The first kappa shape index (κ1) is 23.6. The van der Waals surface area contributed by atoms with E-state index < -0.39 is 21.5 Å². The van der Waals surface area contributed by atoms with Crippen molar-refractivity contribution in [3.05, 3.63) is 29.0 Å². The van der Waals surface area contributed by atoms with E-state index in [2.05, 4.69) is 20.5 Å². The lowest BCUT2D eigenvalue weighted by Gasteiger charge is -2.15. The molecule has 1 fully saturated rings. The number of halogens is 2. The molecule has 13 heteroatoms. The predicted molar refractivity (Wildman–Crippen MR) is 120 cm³/mol. The van der Waals surface area contributed by atoms with Gasteiger partial charge < -0.3 is 9.88 Å². The number of hydrogen-bond acceptors (Lipinski definition) is 7. The molecule has 0 radical (unpaired) electrons. The lowest BCUT2D eigenvalue weighted by atomic mass is 10.2. The molecule has 2 aromatic heterocycles. The topological polar surface area (TPSA) is 110 Å². The highest BCUT2D eigenvalue weighted by Gasteiger charge is 2.28. The Morgan fingerprint density at radius 2 is 2.00 bits per heavy atom. The van der Waals surface area contributed by atoms with Crippen LogP contribution in [0.4, 0.5) is 13.9 Å². The van der Waals surface area contributed by atoms with Crippen LogP contribution in [-0.4, -0.2) is 51.5 Å². The third-order valence-electron chi connectivity index (χ3n) is 5.40. The highest BCUT2D eigenvalue weighted by molar-refractivity contribution is 7.89. The molecule has 33 heavy (non-hydrogen) atoms. The smallest absolute Gasteiger partial charge is 0.291 e. The number of fused-ring (bicyclic) bond motifs is 1. The second-order valence-corrected chi connectivity index (χ2v) is 10.7. The van der Waals surface area contributed by atoms with Gasteiger partial charge in [-0.15, -0.1) is 10.2 Å². The number of carbonyl (C=O) groups is 1.